The van der Waals surface area contributed by atoms with Gasteiger partial charge in [-0.05, 0) is 49.9 Å². The fraction of sp³-hybridized carbons (Fsp3) is 0.741. The normalized spacial score (nSPS) is 18.7. The van der Waals surface area contributed by atoms with E-state index in [1.165, 1.54) is 89.9 Å². The third-order valence-electron chi connectivity index (χ3n) is 13.5. The topological polar surface area (TPSA) is 196 Å². The number of carbonyl (C=O) groups is 3. The molecule has 4 N–H and O–H groups in total. The molecular weight excluding hydrogens is 950 g/mol. The van der Waals surface area contributed by atoms with E-state index in [2.05, 4.69) is 26.1 Å². The number of hydrogen-bond acceptors (Lipinski definition) is 13. The van der Waals surface area contributed by atoms with Crippen molar-refractivity contribution in [3.8, 4) is 11.5 Å². The fourth-order valence-corrected chi connectivity index (χ4v) is 10.7. The Labute approximate surface area is 439 Å². The monoisotopic (exact) mass is 1050 g/mol. The van der Waals surface area contributed by atoms with E-state index >= 15 is 0 Å². The highest BCUT2D eigenvalue weighted by Crippen LogP contribution is 2.52. The number of amides is 1. The molecule has 1 aliphatic heterocycles. The quantitative estimate of drug-likeness (QED) is 0.0278. The number of aliphatic hydroxyl groups excluding tert-OH is 3. The maximum Gasteiger partial charge on any atom is 0.588 e. The van der Waals surface area contributed by atoms with E-state index in [0.717, 1.165) is 70.6 Å². The Balaban J connectivity index is 1.84. The maximum atomic E-state index is 14.9. The fourth-order valence-electron chi connectivity index (χ4n) is 9.27. The van der Waals surface area contributed by atoms with Crippen molar-refractivity contribution in [2.75, 3.05) is 6.61 Å². The molecule has 1 saturated heterocycles. The van der Waals surface area contributed by atoms with E-state index in [4.69, 9.17) is 27.8 Å². The summed E-state index contributed by atoms with van der Waals surface area (Å²) >= 11 is 0. The summed E-state index contributed by atoms with van der Waals surface area (Å²) in [6.45, 7) is 5.79. The van der Waals surface area contributed by atoms with Gasteiger partial charge in [-0.2, -0.15) is 0 Å². The zero-order chi connectivity index (χ0) is 52.8. The molecule has 1 heterocycles. The molecule has 3 unspecified atom stereocenters. The number of esters is 2. The second kappa shape index (κ2) is 39.8. The molecule has 15 heteroatoms. The van der Waals surface area contributed by atoms with Crippen molar-refractivity contribution in [1.29, 1.82) is 0 Å². The molecule has 2 aromatic carbocycles. The van der Waals surface area contributed by atoms with Gasteiger partial charge in [0.05, 0.1) is 25.6 Å². The van der Waals surface area contributed by atoms with Gasteiger partial charge in [0, 0.05) is 6.42 Å². The van der Waals surface area contributed by atoms with Crippen LogP contribution in [0.4, 0.5) is 0 Å². The molecule has 0 radical (unpaired) electrons. The Morgan fingerprint density at radius 2 is 1.03 bits per heavy atom. The number of carbonyl (C=O) groups excluding carboxylic acids is 3. The molecular formula is C58H96NO13P. The molecule has 0 spiro atoms. The van der Waals surface area contributed by atoms with Crippen LogP contribution in [0.1, 0.15) is 226 Å². The van der Waals surface area contributed by atoms with E-state index in [1.54, 1.807) is 60.7 Å². The second-order valence-corrected chi connectivity index (χ2v) is 21.6. The number of phosphoric acid groups is 1. The van der Waals surface area contributed by atoms with Gasteiger partial charge in [0.25, 0.3) is 0 Å². The van der Waals surface area contributed by atoms with Gasteiger partial charge in [-0.1, -0.05) is 218 Å². The first-order chi connectivity index (χ1) is 35.5. The Bertz CT molecular complexity index is 1710. The summed E-state index contributed by atoms with van der Waals surface area (Å²) in [4.78, 5) is 41.3. The van der Waals surface area contributed by atoms with E-state index in [1.807, 2.05) is 0 Å². The average molecular weight is 1050 g/mol. The number of aliphatic hydroxyl groups is 3. The van der Waals surface area contributed by atoms with E-state index in [0.29, 0.717) is 25.7 Å². The van der Waals surface area contributed by atoms with Crippen LogP contribution in [-0.2, 0) is 37.7 Å². The predicted molar refractivity (Wildman–Crippen MR) is 287 cm³/mol. The van der Waals surface area contributed by atoms with Crippen LogP contribution in [0.5, 0.6) is 11.5 Å². The number of hydrogen-bond donors (Lipinski definition) is 4. The SMILES string of the molecule is CCCCCCCCCCCCCC(CC(=O)O[C@H]1[C@H](OP(=O)(Oc2ccccc2)Oc2ccccc2)[C@@H](CO)OC(O)[C@@H]1NC(=O)CC(O)CCCCCCCCCCC)OC(=O)CCCCCCCCC. The van der Waals surface area contributed by atoms with Crippen molar-refractivity contribution < 1.29 is 62.1 Å². The van der Waals surface area contributed by atoms with Crippen molar-refractivity contribution >= 4 is 25.7 Å². The highest BCUT2D eigenvalue weighted by molar-refractivity contribution is 7.49. The van der Waals surface area contributed by atoms with Gasteiger partial charge >= 0.3 is 19.8 Å². The number of benzene rings is 2. The Morgan fingerprint density at radius 3 is 1.49 bits per heavy atom. The zero-order valence-corrected chi connectivity index (χ0v) is 45.9. The summed E-state index contributed by atoms with van der Waals surface area (Å²) < 4.78 is 50.8. The van der Waals surface area contributed by atoms with Crippen LogP contribution in [0.3, 0.4) is 0 Å². The molecule has 1 aliphatic rings. The number of rotatable bonds is 44. The molecule has 2 aromatic rings. The standard InChI is InChI=1S/C58H96NO13P/c1-4-7-10-13-16-18-19-21-24-26-31-42-50(67-53(63)43-36-27-22-15-12-9-6-3)45-54(64)69-57-55(59-52(62)44-47(61)37-30-25-23-20-17-14-11-8-5-2)58(65)68-51(46-60)56(57)72-73(66,70-48-38-32-28-33-39-48)71-49-40-34-29-35-41-49/h28-29,32-35,38-41,47,50-51,55-58,60-61,65H,4-27,30-31,36-37,42-46H2,1-3H3,(H,59,62)/t47?,50?,51-,55-,56-,57-,58?/m1/s1. The molecule has 0 bridgehead atoms. The van der Waals surface area contributed by atoms with Gasteiger partial charge in [-0.15, -0.1) is 0 Å². The summed E-state index contributed by atoms with van der Waals surface area (Å²) in [5.74, 6) is -1.70. The lowest BCUT2D eigenvalue weighted by Gasteiger charge is -2.44. The zero-order valence-electron chi connectivity index (χ0n) is 45.0. The van der Waals surface area contributed by atoms with E-state index < -0.39 is 75.1 Å². The lowest BCUT2D eigenvalue weighted by Crippen LogP contribution is -2.66. The third-order valence-corrected chi connectivity index (χ3v) is 14.9. The molecule has 0 aromatic heterocycles. The number of ether oxygens (including phenoxy) is 3. The lowest BCUT2D eigenvalue weighted by atomic mass is 9.96. The van der Waals surface area contributed by atoms with Gasteiger partial charge < -0.3 is 43.9 Å². The van der Waals surface area contributed by atoms with Gasteiger partial charge in [0.15, 0.2) is 12.4 Å². The third kappa shape index (κ3) is 28.8. The van der Waals surface area contributed by atoms with Crippen molar-refractivity contribution in [3.05, 3.63) is 60.7 Å². The molecule has 73 heavy (non-hydrogen) atoms. The van der Waals surface area contributed by atoms with Gasteiger partial charge in [0.1, 0.15) is 35.9 Å². The first kappa shape index (κ1) is 63.8. The minimum absolute atomic E-state index is 0.113. The van der Waals surface area contributed by atoms with Crippen LogP contribution < -0.4 is 14.4 Å². The van der Waals surface area contributed by atoms with Crippen LogP contribution in [0.25, 0.3) is 0 Å². The average Bonchev–Trinajstić information content (AvgIpc) is 3.37. The van der Waals surface area contributed by atoms with Crippen molar-refractivity contribution in [3.63, 3.8) is 0 Å². The van der Waals surface area contributed by atoms with Crippen molar-refractivity contribution in [2.24, 2.45) is 0 Å². The Hall–Kier alpha value is -3.52. The molecule has 0 saturated carbocycles. The van der Waals surface area contributed by atoms with Gasteiger partial charge in [-0.3, -0.25) is 18.9 Å². The summed E-state index contributed by atoms with van der Waals surface area (Å²) in [7, 11) is -4.78. The van der Waals surface area contributed by atoms with Gasteiger partial charge in [0.2, 0.25) is 5.91 Å². The van der Waals surface area contributed by atoms with Crippen molar-refractivity contribution in [1.82, 2.24) is 5.32 Å². The Morgan fingerprint density at radius 1 is 0.589 bits per heavy atom. The molecule has 3 rings (SSSR count). The molecule has 7 atom stereocenters. The van der Waals surface area contributed by atoms with Gasteiger partial charge in [-0.25, -0.2) is 4.57 Å². The molecule has 416 valence electrons. The van der Waals surface area contributed by atoms with Crippen LogP contribution in [0.15, 0.2) is 60.7 Å². The van der Waals surface area contributed by atoms with E-state index in [-0.39, 0.29) is 30.8 Å². The first-order valence-corrected chi connectivity index (χ1v) is 30.0. The van der Waals surface area contributed by atoms with Crippen LogP contribution in [0, 0.1) is 0 Å². The summed E-state index contributed by atoms with van der Waals surface area (Å²) in [5.41, 5.74) is 0. The predicted octanol–water partition coefficient (Wildman–Crippen LogP) is 13.6. The largest absolute Gasteiger partial charge is 0.588 e. The highest BCUT2D eigenvalue weighted by Gasteiger charge is 2.53. The molecule has 1 fully saturated rings. The molecule has 0 aliphatic carbocycles. The number of para-hydroxylation sites is 2. The molecule has 1 amide bonds. The lowest BCUT2D eigenvalue weighted by molar-refractivity contribution is -0.256. The van der Waals surface area contributed by atoms with Crippen LogP contribution in [0.2, 0.25) is 0 Å². The van der Waals surface area contributed by atoms with E-state index in [9.17, 15) is 34.3 Å². The molecule has 14 nitrogen and oxygen atoms in total. The smallest absolute Gasteiger partial charge is 0.462 e. The minimum Gasteiger partial charge on any atom is -0.462 e. The number of nitrogens with one attached hydrogen (secondary N) is 1. The first-order valence-electron chi connectivity index (χ1n) is 28.6. The Kier molecular flexibility index (Phi) is 34.8. The minimum atomic E-state index is -4.78. The summed E-state index contributed by atoms with van der Waals surface area (Å²) in [5, 5.41) is 35.8. The highest BCUT2D eigenvalue weighted by atomic mass is 31.2. The summed E-state index contributed by atoms with van der Waals surface area (Å²) in [6.07, 6.45) is 21.4. The summed E-state index contributed by atoms with van der Waals surface area (Å²) in [6, 6.07) is 14.7. The number of phosphoric ester groups is 1. The van der Waals surface area contributed by atoms with Crippen LogP contribution in [-0.4, -0.2) is 82.6 Å². The van der Waals surface area contributed by atoms with Crippen LogP contribution >= 0.6 is 7.82 Å². The van der Waals surface area contributed by atoms with Crippen molar-refractivity contribution in [2.45, 2.75) is 269 Å². The maximum absolute atomic E-state index is 14.9. The number of unbranched alkanes of at least 4 members (excludes halogenated alkanes) is 24. The second-order valence-electron chi connectivity index (χ2n) is 20.1.